The van der Waals surface area contributed by atoms with Gasteiger partial charge in [-0.25, -0.2) is 8.42 Å². The van der Waals surface area contributed by atoms with Crippen LogP contribution >= 0.6 is 23.2 Å². The molecule has 0 amide bonds. The van der Waals surface area contributed by atoms with Crippen molar-refractivity contribution in [2.45, 2.75) is 30.7 Å². The van der Waals surface area contributed by atoms with Gasteiger partial charge in [-0.2, -0.15) is 4.72 Å². The van der Waals surface area contributed by atoms with Crippen molar-refractivity contribution < 1.29 is 18.3 Å². The van der Waals surface area contributed by atoms with Crippen LogP contribution in [0.15, 0.2) is 23.1 Å². The SMILES string of the molecule is CCCC(NS(=O)(=O)c1cc(Cl)ccc1Cl)C(=O)O. The average molecular weight is 326 g/mol. The Kier molecular flexibility index (Phi) is 5.61. The largest absolute Gasteiger partial charge is 0.480 e. The molecule has 19 heavy (non-hydrogen) atoms. The first-order valence-corrected chi connectivity index (χ1v) is 7.72. The van der Waals surface area contributed by atoms with E-state index in [-0.39, 0.29) is 21.4 Å². The van der Waals surface area contributed by atoms with Crippen molar-refractivity contribution in [1.29, 1.82) is 0 Å². The molecule has 0 fully saturated rings. The first-order chi connectivity index (χ1) is 8.77. The molecular formula is C11H13Cl2NO4S. The summed E-state index contributed by atoms with van der Waals surface area (Å²) in [6.45, 7) is 1.76. The lowest BCUT2D eigenvalue weighted by atomic mass is 10.2. The van der Waals surface area contributed by atoms with Gasteiger partial charge in [0, 0.05) is 5.02 Å². The van der Waals surface area contributed by atoms with Gasteiger partial charge in [0.2, 0.25) is 10.0 Å². The first kappa shape index (κ1) is 16.2. The van der Waals surface area contributed by atoms with E-state index in [2.05, 4.69) is 4.72 Å². The van der Waals surface area contributed by atoms with Crippen LogP contribution in [0.25, 0.3) is 0 Å². The predicted molar refractivity (Wildman–Crippen MR) is 73.1 cm³/mol. The molecule has 8 heteroatoms. The van der Waals surface area contributed by atoms with Gasteiger partial charge in [-0.05, 0) is 24.6 Å². The maximum absolute atomic E-state index is 12.1. The molecule has 0 spiro atoms. The number of sulfonamides is 1. The second-order valence-electron chi connectivity index (χ2n) is 3.88. The molecule has 1 rings (SSSR count). The number of carboxylic acid groups (broad SMARTS) is 1. The van der Waals surface area contributed by atoms with Gasteiger partial charge in [0.05, 0.1) is 5.02 Å². The van der Waals surface area contributed by atoms with E-state index >= 15 is 0 Å². The summed E-state index contributed by atoms with van der Waals surface area (Å²) in [5, 5.41) is 9.14. The second kappa shape index (κ2) is 6.56. The molecule has 1 unspecified atom stereocenters. The zero-order valence-electron chi connectivity index (χ0n) is 10.1. The van der Waals surface area contributed by atoms with Crippen LogP contribution in [-0.2, 0) is 14.8 Å². The summed E-state index contributed by atoms with van der Waals surface area (Å²) in [6.07, 6.45) is 0.718. The summed E-state index contributed by atoms with van der Waals surface area (Å²) >= 11 is 11.5. The third-order valence-electron chi connectivity index (χ3n) is 2.36. The molecule has 0 heterocycles. The summed E-state index contributed by atoms with van der Waals surface area (Å²) in [4.78, 5) is 10.7. The van der Waals surface area contributed by atoms with Gasteiger partial charge >= 0.3 is 5.97 Å². The van der Waals surface area contributed by atoms with E-state index in [1.54, 1.807) is 6.92 Å². The molecule has 0 aliphatic carbocycles. The number of hydrogen-bond donors (Lipinski definition) is 2. The van der Waals surface area contributed by atoms with Gasteiger partial charge in [0.15, 0.2) is 0 Å². The van der Waals surface area contributed by atoms with Gasteiger partial charge in [-0.1, -0.05) is 36.5 Å². The van der Waals surface area contributed by atoms with Gasteiger partial charge < -0.3 is 5.11 Å². The first-order valence-electron chi connectivity index (χ1n) is 5.48. The third-order valence-corrected chi connectivity index (χ3v) is 4.54. The fourth-order valence-electron chi connectivity index (χ4n) is 1.46. The van der Waals surface area contributed by atoms with Gasteiger partial charge in [-0.3, -0.25) is 4.79 Å². The van der Waals surface area contributed by atoms with Crippen molar-refractivity contribution in [3.8, 4) is 0 Å². The monoisotopic (exact) mass is 325 g/mol. The molecule has 1 aromatic carbocycles. The fraction of sp³-hybridized carbons (Fsp3) is 0.364. The van der Waals surface area contributed by atoms with E-state index in [1.165, 1.54) is 18.2 Å². The lowest BCUT2D eigenvalue weighted by Gasteiger charge is -2.14. The van der Waals surface area contributed by atoms with E-state index in [4.69, 9.17) is 28.3 Å². The van der Waals surface area contributed by atoms with Crippen molar-refractivity contribution in [2.75, 3.05) is 0 Å². The molecular weight excluding hydrogens is 313 g/mol. The zero-order valence-corrected chi connectivity index (χ0v) is 12.4. The van der Waals surface area contributed by atoms with Crippen LogP contribution in [-0.4, -0.2) is 25.5 Å². The Morgan fingerprint density at radius 2 is 2.05 bits per heavy atom. The topological polar surface area (TPSA) is 83.5 Å². The lowest BCUT2D eigenvalue weighted by molar-refractivity contribution is -0.139. The normalized spacial score (nSPS) is 13.2. The number of hydrogen-bond acceptors (Lipinski definition) is 3. The highest BCUT2D eigenvalue weighted by atomic mass is 35.5. The quantitative estimate of drug-likeness (QED) is 0.841. The Hall–Kier alpha value is -0.820. The van der Waals surface area contributed by atoms with Crippen molar-refractivity contribution in [2.24, 2.45) is 0 Å². The maximum Gasteiger partial charge on any atom is 0.321 e. The average Bonchev–Trinajstić information content (AvgIpc) is 2.31. The number of benzene rings is 1. The standard InChI is InChI=1S/C11H13Cl2NO4S/c1-2-3-9(11(15)16)14-19(17,18)10-6-7(12)4-5-8(10)13/h4-6,9,14H,2-3H2,1H3,(H,15,16). The molecule has 0 saturated carbocycles. The molecule has 0 aromatic heterocycles. The highest BCUT2D eigenvalue weighted by Crippen LogP contribution is 2.25. The molecule has 2 N–H and O–H groups in total. The second-order valence-corrected chi connectivity index (χ2v) is 6.40. The maximum atomic E-state index is 12.1. The van der Waals surface area contributed by atoms with Crippen molar-refractivity contribution >= 4 is 39.2 Å². The van der Waals surface area contributed by atoms with Crippen LogP contribution < -0.4 is 4.72 Å². The zero-order chi connectivity index (χ0) is 14.6. The summed E-state index contributed by atoms with van der Waals surface area (Å²) in [6, 6.07) is 2.78. The number of nitrogens with one attached hydrogen (secondary N) is 1. The molecule has 0 aliphatic rings. The molecule has 1 aromatic rings. The van der Waals surface area contributed by atoms with E-state index < -0.39 is 22.0 Å². The van der Waals surface area contributed by atoms with Crippen LogP contribution in [0.5, 0.6) is 0 Å². The Morgan fingerprint density at radius 1 is 1.42 bits per heavy atom. The number of halogens is 2. The van der Waals surface area contributed by atoms with Gasteiger partial charge in [0.25, 0.3) is 0 Å². The highest BCUT2D eigenvalue weighted by molar-refractivity contribution is 7.89. The van der Waals surface area contributed by atoms with Crippen LogP contribution in [0.4, 0.5) is 0 Å². The lowest BCUT2D eigenvalue weighted by Crippen LogP contribution is -2.40. The molecule has 0 saturated heterocycles. The molecule has 106 valence electrons. The number of aliphatic carboxylic acids is 1. The van der Waals surface area contributed by atoms with Gasteiger partial charge in [0.1, 0.15) is 10.9 Å². The van der Waals surface area contributed by atoms with E-state index in [0.717, 1.165) is 0 Å². The molecule has 1 atom stereocenters. The summed E-state index contributed by atoms with van der Waals surface area (Å²) < 4.78 is 26.3. The van der Waals surface area contributed by atoms with Crippen LogP contribution in [0.2, 0.25) is 10.0 Å². The molecule has 0 bridgehead atoms. The van der Waals surface area contributed by atoms with E-state index in [0.29, 0.717) is 6.42 Å². The predicted octanol–water partition coefficient (Wildman–Crippen LogP) is 2.53. The van der Waals surface area contributed by atoms with Crippen molar-refractivity contribution in [3.63, 3.8) is 0 Å². The molecule has 0 radical (unpaired) electrons. The van der Waals surface area contributed by atoms with Crippen LogP contribution in [0.3, 0.4) is 0 Å². The van der Waals surface area contributed by atoms with Crippen LogP contribution in [0, 0.1) is 0 Å². The minimum Gasteiger partial charge on any atom is -0.480 e. The summed E-state index contributed by atoms with van der Waals surface area (Å²) in [5.74, 6) is -1.23. The number of carboxylic acids is 1. The molecule has 0 aliphatic heterocycles. The minimum atomic E-state index is -4.03. The number of carbonyl (C=O) groups is 1. The Balaban J connectivity index is 3.10. The summed E-state index contributed by atoms with van der Waals surface area (Å²) in [7, 11) is -4.03. The third kappa shape index (κ3) is 4.35. The smallest absolute Gasteiger partial charge is 0.321 e. The van der Waals surface area contributed by atoms with E-state index in [1.807, 2.05) is 0 Å². The highest BCUT2D eigenvalue weighted by Gasteiger charge is 2.26. The summed E-state index contributed by atoms with van der Waals surface area (Å²) in [5.41, 5.74) is 0. The van der Waals surface area contributed by atoms with Crippen LogP contribution in [0.1, 0.15) is 19.8 Å². The van der Waals surface area contributed by atoms with Gasteiger partial charge in [-0.15, -0.1) is 0 Å². The Labute approximate surface area is 121 Å². The van der Waals surface area contributed by atoms with E-state index in [9.17, 15) is 13.2 Å². The Bertz CT molecular complexity index is 574. The minimum absolute atomic E-state index is 0.0162. The fourth-order valence-corrected chi connectivity index (χ4v) is 3.44. The number of rotatable bonds is 6. The Morgan fingerprint density at radius 3 is 2.58 bits per heavy atom. The van der Waals surface area contributed by atoms with Crippen molar-refractivity contribution in [1.82, 2.24) is 4.72 Å². The molecule has 5 nitrogen and oxygen atoms in total. The van der Waals surface area contributed by atoms with Crippen molar-refractivity contribution in [3.05, 3.63) is 28.2 Å².